The molecule has 1 aliphatic rings. The number of benzene rings is 1. The first kappa shape index (κ1) is 16.3. The number of nitrogens with zero attached hydrogens (tertiary/aromatic N) is 2. The molecule has 1 saturated heterocycles. The maximum atomic E-state index is 12.5. The van der Waals surface area contributed by atoms with Crippen LogP contribution in [0.25, 0.3) is 0 Å². The molecular weight excluding hydrogens is 286 g/mol. The number of aryl methyl sites for hydroxylation is 1. The molecule has 0 atom stereocenters. The Hall–Kier alpha value is -1.11. The van der Waals surface area contributed by atoms with Crippen LogP contribution in [0, 0.1) is 0 Å². The van der Waals surface area contributed by atoms with Gasteiger partial charge in [0, 0.05) is 25.8 Å². The second-order valence-corrected chi connectivity index (χ2v) is 7.63. The Balaban J connectivity index is 2.07. The van der Waals surface area contributed by atoms with Crippen molar-refractivity contribution in [2.45, 2.75) is 31.1 Å². The number of nitrogens with two attached hydrogens (primary N) is 1. The number of rotatable bonds is 6. The molecule has 6 heteroatoms. The summed E-state index contributed by atoms with van der Waals surface area (Å²) in [7, 11) is -1.82. The van der Waals surface area contributed by atoms with Gasteiger partial charge < -0.3 is 10.6 Å². The minimum absolute atomic E-state index is 0.279. The number of anilines is 1. The van der Waals surface area contributed by atoms with Crippen molar-refractivity contribution in [1.82, 2.24) is 9.21 Å². The fourth-order valence-electron chi connectivity index (χ4n) is 2.64. The summed E-state index contributed by atoms with van der Waals surface area (Å²) in [5, 5.41) is 0. The summed E-state index contributed by atoms with van der Waals surface area (Å²) >= 11 is 0. The van der Waals surface area contributed by atoms with Crippen LogP contribution < -0.4 is 5.73 Å². The molecule has 0 radical (unpaired) electrons. The van der Waals surface area contributed by atoms with Gasteiger partial charge >= 0.3 is 0 Å². The van der Waals surface area contributed by atoms with Gasteiger partial charge in [-0.15, -0.1) is 0 Å². The van der Waals surface area contributed by atoms with Crippen molar-refractivity contribution in [2.75, 3.05) is 39.0 Å². The molecule has 0 bridgehead atoms. The Morgan fingerprint density at radius 2 is 1.95 bits per heavy atom. The van der Waals surface area contributed by atoms with Gasteiger partial charge in [0.15, 0.2) is 0 Å². The molecule has 0 saturated carbocycles. The topological polar surface area (TPSA) is 66.6 Å². The lowest BCUT2D eigenvalue weighted by Crippen LogP contribution is -2.35. The molecule has 2 N–H and O–H groups in total. The van der Waals surface area contributed by atoms with Crippen LogP contribution in [-0.4, -0.2) is 50.8 Å². The monoisotopic (exact) mass is 311 g/mol. The zero-order valence-corrected chi connectivity index (χ0v) is 13.7. The van der Waals surface area contributed by atoms with Crippen LogP contribution in [0.15, 0.2) is 23.1 Å². The van der Waals surface area contributed by atoms with Gasteiger partial charge in [0.2, 0.25) is 10.0 Å². The van der Waals surface area contributed by atoms with Gasteiger partial charge in [0.1, 0.15) is 0 Å². The van der Waals surface area contributed by atoms with E-state index in [-0.39, 0.29) is 4.90 Å². The molecule has 5 nitrogen and oxygen atoms in total. The van der Waals surface area contributed by atoms with E-state index < -0.39 is 10.0 Å². The molecule has 1 aromatic carbocycles. The van der Waals surface area contributed by atoms with E-state index in [9.17, 15) is 8.42 Å². The van der Waals surface area contributed by atoms with Crippen molar-refractivity contribution in [3.63, 3.8) is 0 Å². The molecule has 0 aliphatic carbocycles. The second-order valence-electron chi connectivity index (χ2n) is 5.59. The van der Waals surface area contributed by atoms with Crippen molar-refractivity contribution < 1.29 is 8.42 Å². The Bertz CT molecular complexity index is 581. The lowest BCUT2D eigenvalue weighted by molar-refractivity contribution is 0.310. The molecule has 1 heterocycles. The average Bonchev–Trinajstić information content (AvgIpc) is 2.97. The summed E-state index contributed by atoms with van der Waals surface area (Å²) in [4.78, 5) is 2.58. The Labute approximate surface area is 127 Å². The summed E-state index contributed by atoms with van der Waals surface area (Å²) in [6, 6.07) is 5.02. The van der Waals surface area contributed by atoms with E-state index in [0.29, 0.717) is 12.2 Å². The van der Waals surface area contributed by atoms with E-state index in [2.05, 4.69) is 4.90 Å². The lowest BCUT2D eigenvalue weighted by Gasteiger charge is -2.21. The summed E-state index contributed by atoms with van der Waals surface area (Å²) in [5.74, 6) is 0. The minimum atomic E-state index is -3.45. The maximum Gasteiger partial charge on any atom is 0.242 e. The van der Waals surface area contributed by atoms with Crippen LogP contribution in [0.1, 0.15) is 25.3 Å². The quantitative estimate of drug-likeness (QED) is 0.810. The number of likely N-dealkylation sites (N-methyl/N-ethyl adjacent to an activating group) is 1. The van der Waals surface area contributed by atoms with Crippen molar-refractivity contribution >= 4 is 15.7 Å². The number of likely N-dealkylation sites (tertiary alicyclic amines) is 1. The van der Waals surface area contributed by atoms with Crippen molar-refractivity contribution in [2.24, 2.45) is 0 Å². The Morgan fingerprint density at radius 1 is 1.29 bits per heavy atom. The first-order valence-corrected chi connectivity index (χ1v) is 8.96. The number of hydrogen-bond donors (Lipinski definition) is 1. The van der Waals surface area contributed by atoms with Gasteiger partial charge in [-0.3, -0.25) is 0 Å². The molecule has 0 aromatic heterocycles. The van der Waals surface area contributed by atoms with Crippen molar-refractivity contribution in [3.8, 4) is 0 Å². The molecule has 21 heavy (non-hydrogen) atoms. The first-order chi connectivity index (χ1) is 9.95. The third-order valence-corrected chi connectivity index (χ3v) is 5.99. The fourth-order valence-corrected chi connectivity index (χ4v) is 3.84. The minimum Gasteiger partial charge on any atom is -0.398 e. The summed E-state index contributed by atoms with van der Waals surface area (Å²) in [6.07, 6.45) is 3.23. The predicted molar refractivity (Wildman–Crippen MR) is 85.7 cm³/mol. The second kappa shape index (κ2) is 6.77. The molecule has 1 aliphatic heterocycles. The van der Waals surface area contributed by atoms with Crippen LogP contribution >= 0.6 is 0 Å². The van der Waals surface area contributed by atoms with Gasteiger partial charge in [0.25, 0.3) is 0 Å². The van der Waals surface area contributed by atoms with E-state index in [1.165, 1.54) is 17.1 Å². The lowest BCUT2D eigenvalue weighted by atomic mass is 10.1. The van der Waals surface area contributed by atoms with Gasteiger partial charge in [-0.25, -0.2) is 8.42 Å². The van der Waals surface area contributed by atoms with E-state index in [1.54, 1.807) is 25.2 Å². The van der Waals surface area contributed by atoms with Gasteiger partial charge in [-0.05, 0) is 50.0 Å². The first-order valence-electron chi connectivity index (χ1n) is 7.52. The third kappa shape index (κ3) is 3.75. The Morgan fingerprint density at radius 3 is 2.52 bits per heavy atom. The summed E-state index contributed by atoms with van der Waals surface area (Å²) in [6.45, 7) is 5.45. The highest BCUT2D eigenvalue weighted by Gasteiger charge is 2.22. The summed E-state index contributed by atoms with van der Waals surface area (Å²) < 4.78 is 26.5. The molecule has 1 fully saturated rings. The van der Waals surface area contributed by atoms with Gasteiger partial charge in [-0.1, -0.05) is 13.0 Å². The van der Waals surface area contributed by atoms with Gasteiger partial charge in [-0.2, -0.15) is 4.31 Å². The van der Waals surface area contributed by atoms with E-state index in [1.807, 2.05) is 6.92 Å². The number of hydrogen-bond acceptors (Lipinski definition) is 4. The molecule has 2 rings (SSSR count). The highest BCUT2D eigenvalue weighted by Crippen LogP contribution is 2.21. The van der Waals surface area contributed by atoms with Crippen molar-refractivity contribution in [3.05, 3.63) is 23.8 Å². The highest BCUT2D eigenvalue weighted by molar-refractivity contribution is 7.89. The molecular formula is C15H25N3O2S. The number of sulfonamides is 1. The normalized spacial score (nSPS) is 16.7. The molecule has 1 aromatic rings. The van der Waals surface area contributed by atoms with Crippen LogP contribution in [0.2, 0.25) is 0 Å². The zero-order valence-electron chi connectivity index (χ0n) is 12.9. The molecule has 0 unspecified atom stereocenters. The highest BCUT2D eigenvalue weighted by atomic mass is 32.2. The van der Waals surface area contributed by atoms with E-state index in [0.717, 1.165) is 31.6 Å². The van der Waals surface area contributed by atoms with Crippen LogP contribution in [0.5, 0.6) is 0 Å². The van der Waals surface area contributed by atoms with Crippen LogP contribution in [-0.2, 0) is 16.4 Å². The largest absolute Gasteiger partial charge is 0.398 e. The fraction of sp³-hybridized carbons (Fsp3) is 0.600. The average molecular weight is 311 g/mol. The smallest absolute Gasteiger partial charge is 0.242 e. The van der Waals surface area contributed by atoms with Crippen LogP contribution in [0.4, 0.5) is 5.69 Å². The standard InChI is InChI=1S/C15H25N3O2S/c1-3-13-6-7-14(12-15(13)16)21(19,20)17(2)10-11-18-8-4-5-9-18/h6-7,12H,3-5,8-11,16H2,1-2H3. The predicted octanol–water partition coefficient (Wildman–Crippen LogP) is 1.55. The van der Waals surface area contributed by atoms with E-state index >= 15 is 0 Å². The van der Waals surface area contributed by atoms with E-state index in [4.69, 9.17) is 5.73 Å². The third-order valence-electron chi connectivity index (χ3n) is 4.14. The van der Waals surface area contributed by atoms with Gasteiger partial charge in [0.05, 0.1) is 4.90 Å². The SMILES string of the molecule is CCc1ccc(S(=O)(=O)N(C)CCN2CCCC2)cc1N. The number of nitrogen functional groups attached to an aromatic ring is 1. The van der Waals surface area contributed by atoms with Crippen molar-refractivity contribution in [1.29, 1.82) is 0 Å². The summed E-state index contributed by atoms with van der Waals surface area (Å²) in [5.41, 5.74) is 7.44. The zero-order chi connectivity index (χ0) is 15.5. The maximum absolute atomic E-state index is 12.5. The van der Waals surface area contributed by atoms with Crippen LogP contribution in [0.3, 0.4) is 0 Å². The molecule has 118 valence electrons. The molecule has 0 amide bonds. The molecule has 0 spiro atoms. The Kier molecular flexibility index (Phi) is 5.24.